The van der Waals surface area contributed by atoms with E-state index < -0.39 is 17.7 Å². The quantitative estimate of drug-likeness (QED) is 0.770. The third kappa shape index (κ3) is 3.86. The largest absolute Gasteiger partial charge is 0.405 e. The molecule has 3 nitrogen and oxygen atoms in total. The summed E-state index contributed by atoms with van der Waals surface area (Å²) in [5.41, 5.74) is -0.399. The van der Waals surface area contributed by atoms with Crippen molar-refractivity contribution in [1.29, 1.82) is 5.26 Å². The van der Waals surface area contributed by atoms with Crippen molar-refractivity contribution in [2.75, 3.05) is 26.7 Å². The standard InChI is InChI=1S/C11H17F3N2O/c1-10(17-2)4-3-5-16(8-10)7-9(6-15)11(12,13)14/h9H,3-5,7-8H2,1-2H3. The van der Waals surface area contributed by atoms with E-state index in [1.54, 1.807) is 12.0 Å². The highest BCUT2D eigenvalue weighted by atomic mass is 19.4. The van der Waals surface area contributed by atoms with Gasteiger partial charge in [-0.05, 0) is 26.3 Å². The van der Waals surface area contributed by atoms with E-state index in [2.05, 4.69) is 0 Å². The molecule has 1 aliphatic rings. The first-order valence-electron chi connectivity index (χ1n) is 5.54. The minimum Gasteiger partial charge on any atom is -0.377 e. The summed E-state index contributed by atoms with van der Waals surface area (Å²) in [5.74, 6) is -1.92. The first kappa shape index (κ1) is 14.3. The lowest BCUT2D eigenvalue weighted by atomic mass is 9.94. The average Bonchev–Trinajstić information content (AvgIpc) is 2.24. The van der Waals surface area contributed by atoms with Crippen molar-refractivity contribution in [3.05, 3.63) is 0 Å². The summed E-state index contributed by atoms with van der Waals surface area (Å²) < 4.78 is 42.7. The third-order valence-electron chi connectivity index (χ3n) is 3.22. The molecule has 0 aliphatic carbocycles. The van der Waals surface area contributed by atoms with Crippen LogP contribution in [0.15, 0.2) is 0 Å². The van der Waals surface area contributed by atoms with Crippen LogP contribution in [0.3, 0.4) is 0 Å². The van der Waals surface area contributed by atoms with Crippen LogP contribution in [-0.4, -0.2) is 43.4 Å². The van der Waals surface area contributed by atoms with Gasteiger partial charge in [0.15, 0.2) is 5.92 Å². The Morgan fingerprint density at radius 3 is 2.65 bits per heavy atom. The molecule has 1 aliphatic heterocycles. The minimum atomic E-state index is -4.45. The van der Waals surface area contributed by atoms with Crippen molar-refractivity contribution < 1.29 is 17.9 Å². The Labute approximate surface area is 99.1 Å². The number of halogens is 3. The number of nitriles is 1. The zero-order valence-electron chi connectivity index (χ0n) is 10.0. The fourth-order valence-electron chi connectivity index (χ4n) is 2.11. The van der Waals surface area contributed by atoms with Gasteiger partial charge in [-0.3, -0.25) is 4.90 Å². The Morgan fingerprint density at radius 1 is 1.53 bits per heavy atom. The van der Waals surface area contributed by atoms with E-state index in [9.17, 15) is 13.2 Å². The van der Waals surface area contributed by atoms with Crippen LogP contribution in [0.4, 0.5) is 13.2 Å². The molecule has 2 unspecified atom stereocenters. The van der Waals surface area contributed by atoms with Gasteiger partial charge in [-0.1, -0.05) is 0 Å². The molecule has 0 amide bonds. The molecule has 0 radical (unpaired) electrons. The van der Waals surface area contributed by atoms with Gasteiger partial charge in [0.05, 0.1) is 11.7 Å². The highest BCUT2D eigenvalue weighted by Gasteiger charge is 2.42. The van der Waals surface area contributed by atoms with E-state index >= 15 is 0 Å². The van der Waals surface area contributed by atoms with Gasteiger partial charge in [-0.2, -0.15) is 18.4 Å². The highest BCUT2D eigenvalue weighted by molar-refractivity contribution is 4.93. The SMILES string of the molecule is COC1(C)CCCN(CC(C#N)C(F)(F)F)C1. The van der Waals surface area contributed by atoms with E-state index in [1.807, 2.05) is 6.92 Å². The lowest BCUT2D eigenvalue weighted by Crippen LogP contribution is -2.49. The monoisotopic (exact) mass is 250 g/mol. The first-order valence-corrected chi connectivity index (χ1v) is 5.54. The summed E-state index contributed by atoms with van der Waals surface area (Å²) in [7, 11) is 1.56. The number of piperidine rings is 1. The maximum Gasteiger partial charge on any atom is 0.405 e. The predicted octanol–water partition coefficient (Wildman–Crippen LogP) is 2.19. The summed E-state index contributed by atoms with van der Waals surface area (Å²) in [6.07, 6.45) is -2.82. The average molecular weight is 250 g/mol. The summed E-state index contributed by atoms with van der Waals surface area (Å²) in [5, 5.41) is 8.55. The van der Waals surface area contributed by atoms with Gasteiger partial charge in [-0.25, -0.2) is 0 Å². The maximum atomic E-state index is 12.5. The second kappa shape index (κ2) is 5.23. The maximum absolute atomic E-state index is 12.5. The number of rotatable bonds is 3. The third-order valence-corrected chi connectivity index (χ3v) is 3.22. The minimum absolute atomic E-state index is 0.265. The molecule has 0 saturated carbocycles. The molecule has 17 heavy (non-hydrogen) atoms. The van der Waals surface area contributed by atoms with Crippen LogP contribution in [0.1, 0.15) is 19.8 Å². The predicted molar refractivity (Wildman–Crippen MR) is 56.2 cm³/mol. The molecule has 1 heterocycles. The number of methoxy groups -OCH3 is 1. The van der Waals surface area contributed by atoms with Crippen molar-refractivity contribution in [2.24, 2.45) is 5.92 Å². The first-order chi connectivity index (χ1) is 7.80. The number of nitrogens with zero attached hydrogens (tertiary/aromatic N) is 2. The Balaban J connectivity index is 2.60. The number of ether oxygens (including phenoxy) is 1. The van der Waals surface area contributed by atoms with Crippen molar-refractivity contribution in [2.45, 2.75) is 31.5 Å². The van der Waals surface area contributed by atoms with E-state index in [0.717, 1.165) is 12.8 Å². The highest BCUT2D eigenvalue weighted by Crippen LogP contribution is 2.29. The Bertz CT molecular complexity index is 300. The molecule has 0 bridgehead atoms. The molecular weight excluding hydrogens is 233 g/mol. The molecule has 0 N–H and O–H groups in total. The molecule has 1 fully saturated rings. The zero-order chi connectivity index (χ0) is 13.1. The molecule has 0 aromatic carbocycles. The van der Waals surface area contributed by atoms with E-state index in [0.29, 0.717) is 13.1 Å². The van der Waals surface area contributed by atoms with Crippen molar-refractivity contribution in [1.82, 2.24) is 4.90 Å². The topological polar surface area (TPSA) is 36.3 Å². The van der Waals surface area contributed by atoms with Crippen LogP contribution >= 0.6 is 0 Å². The lowest BCUT2D eigenvalue weighted by molar-refractivity contribution is -0.167. The molecule has 98 valence electrons. The molecule has 1 saturated heterocycles. The fraction of sp³-hybridized carbons (Fsp3) is 0.909. The van der Waals surface area contributed by atoms with Gasteiger partial charge in [0.1, 0.15) is 0 Å². The zero-order valence-corrected chi connectivity index (χ0v) is 10.0. The Morgan fingerprint density at radius 2 is 2.18 bits per heavy atom. The summed E-state index contributed by atoms with van der Waals surface area (Å²) >= 11 is 0. The number of likely N-dealkylation sites (tertiary alicyclic amines) is 1. The van der Waals surface area contributed by atoms with Crippen LogP contribution in [0, 0.1) is 17.2 Å². The number of hydrogen-bond donors (Lipinski definition) is 0. The Hall–Kier alpha value is -0.800. The van der Waals surface area contributed by atoms with Crippen molar-refractivity contribution in [3.63, 3.8) is 0 Å². The van der Waals surface area contributed by atoms with E-state index in [-0.39, 0.29) is 6.54 Å². The lowest BCUT2D eigenvalue weighted by Gasteiger charge is -2.40. The van der Waals surface area contributed by atoms with Crippen LogP contribution < -0.4 is 0 Å². The number of hydrogen-bond acceptors (Lipinski definition) is 3. The van der Waals surface area contributed by atoms with Crippen LogP contribution in [0.5, 0.6) is 0 Å². The molecule has 0 aromatic heterocycles. The van der Waals surface area contributed by atoms with Crippen LogP contribution in [0.2, 0.25) is 0 Å². The van der Waals surface area contributed by atoms with Gasteiger partial charge in [0.25, 0.3) is 0 Å². The van der Waals surface area contributed by atoms with Gasteiger partial charge in [0, 0.05) is 20.2 Å². The van der Waals surface area contributed by atoms with Gasteiger partial charge < -0.3 is 4.74 Å². The molecule has 0 spiro atoms. The fourth-order valence-corrected chi connectivity index (χ4v) is 2.11. The summed E-state index contributed by atoms with van der Waals surface area (Å²) in [6, 6.07) is 1.33. The molecule has 1 rings (SSSR count). The van der Waals surface area contributed by atoms with Crippen LogP contribution in [-0.2, 0) is 4.74 Å². The smallest absolute Gasteiger partial charge is 0.377 e. The van der Waals surface area contributed by atoms with Gasteiger partial charge in [-0.15, -0.1) is 0 Å². The summed E-state index contributed by atoms with van der Waals surface area (Å²) in [6.45, 7) is 2.65. The van der Waals surface area contributed by atoms with Crippen LogP contribution in [0.25, 0.3) is 0 Å². The van der Waals surface area contributed by atoms with Crippen molar-refractivity contribution in [3.8, 4) is 6.07 Å². The molecule has 2 atom stereocenters. The second-order valence-electron chi connectivity index (χ2n) is 4.72. The van der Waals surface area contributed by atoms with E-state index in [1.165, 1.54) is 6.07 Å². The molecule has 6 heteroatoms. The molecule has 0 aromatic rings. The van der Waals surface area contributed by atoms with Gasteiger partial charge >= 0.3 is 6.18 Å². The number of alkyl halides is 3. The Kier molecular flexibility index (Phi) is 4.39. The normalized spacial score (nSPS) is 28.7. The second-order valence-corrected chi connectivity index (χ2v) is 4.72. The van der Waals surface area contributed by atoms with E-state index in [4.69, 9.17) is 10.00 Å². The molecular formula is C11H17F3N2O. The van der Waals surface area contributed by atoms with Crippen molar-refractivity contribution >= 4 is 0 Å². The summed E-state index contributed by atoms with van der Waals surface area (Å²) in [4.78, 5) is 1.66. The van der Waals surface area contributed by atoms with Gasteiger partial charge in [0.2, 0.25) is 0 Å².